The maximum atomic E-state index is 12.4. The fourth-order valence-corrected chi connectivity index (χ4v) is 2.59. The van der Waals surface area contributed by atoms with Crippen LogP contribution in [-0.2, 0) is 12.0 Å². The van der Waals surface area contributed by atoms with Gasteiger partial charge in [-0.15, -0.1) is 0 Å². The van der Waals surface area contributed by atoms with E-state index in [0.29, 0.717) is 12.1 Å². The minimum atomic E-state index is -0.200. The molecule has 0 bridgehead atoms. The monoisotopic (exact) mass is 370 g/mol. The molecule has 27 heavy (non-hydrogen) atoms. The molecule has 0 unspecified atom stereocenters. The van der Waals surface area contributed by atoms with Crippen molar-refractivity contribution in [3.05, 3.63) is 52.2 Å². The van der Waals surface area contributed by atoms with Crippen molar-refractivity contribution < 1.29 is 0 Å². The van der Waals surface area contributed by atoms with Gasteiger partial charge in [-0.3, -0.25) is 10.2 Å². The summed E-state index contributed by atoms with van der Waals surface area (Å²) in [5.41, 5.74) is 7.47. The molecule has 2 aromatic rings. The summed E-state index contributed by atoms with van der Waals surface area (Å²) in [6.45, 7) is 8.49. The number of aromatic nitrogens is 2. The SMILES string of the molecule is CCC(C)(C)c1nc(=O)c(-c2ccc(CNCCCNC(=N)N)cc2)c[nH]1. The number of hydrogen-bond acceptors (Lipinski definition) is 4. The van der Waals surface area contributed by atoms with Gasteiger partial charge in [0.15, 0.2) is 5.96 Å². The van der Waals surface area contributed by atoms with E-state index in [2.05, 4.69) is 41.4 Å². The van der Waals surface area contributed by atoms with Crippen molar-refractivity contribution >= 4 is 5.96 Å². The van der Waals surface area contributed by atoms with E-state index in [1.807, 2.05) is 24.3 Å². The number of nitrogens with zero attached hydrogens (tertiary/aromatic N) is 1. The maximum Gasteiger partial charge on any atom is 0.280 e. The Bertz CT molecular complexity index is 810. The normalized spacial score (nSPS) is 11.4. The summed E-state index contributed by atoms with van der Waals surface area (Å²) in [6, 6.07) is 7.93. The van der Waals surface area contributed by atoms with Crippen LogP contribution in [0.4, 0.5) is 0 Å². The Balaban J connectivity index is 1.95. The second kappa shape index (κ2) is 9.32. The number of benzene rings is 1. The van der Waals surface area contributed by atoms with E-state index in [0.717, 1.165) is 42.9 Å². The van der Waals surface area contributed by atoms with Crippen LogP contribution in [-0.4, -0.2) is 29.0 Å². The second-order valence-electron chi connectivity index (χ2n) is 7.27. The number of hydrogen-bond donors (Lipinski definition) is 5. The first-order valence-corrected chi connectivity index (χ1v) is 9.31. The minimum absolute atomic E-state index is 0.00126. The molecule has 0 saturated heterocycles. The van der Waals surface area contributed by atoms with Gasteiger partial charge in [0.1, 0.15) is 5.82 Å². The minimum Gasteiger partial charge on any atom is -0.370 e. The summed E-state index contributed by atoms with van der Waals surface area (Å²) < 4.78 is 0. The van der Waals surface area contributed by atoms with Gasteiger partial charge >= 0.3 is 0 Å². The molecule has 0 aliphatic rings. The fraction of sp³-hybridized carbons (Fsp3) is 0.450. The largest absolute Gasteiger partial charge is 0.370 e. The molecule has 0 spiro atoms. The Hall–Kier alpha value is -2.67. The Morgan fingerprint density at radius 3 is 2.56 bits per heavy atom. The Morgan fingerprint density at radius 1 is 1.26 bits per heavy atom. The predicted molar refractivity (Wildman–Crippen MR) is 110 cm³/mol. The first-order valence-electron chi connectivity index (χ1n) is 9.31. The van der Waals surface area contributed by atoms with Gasteiger partial charge in [0.05, 0.1) is 5.56 Å². The van der Waals surface area contributed by atoms with Crippen molar-refractivity contribution in [2.75, 3.05) is 13.1 Å². The fourth-order valence-electron chi connectivity index (χ4n) is 2.59. The van der Waals surface area contributed by atoms with Crippen molar-refractivity contribution in [3.8, 4) is 11.1 Å². The lowest BCUT2D eigenvalue weighted by Gasteiger charge is -2.21. The molecule has 7 nitrogen and oxygen atoms in total. The highest BCUT2D eigenvalue weighted by atomic mass is 16.1. The highest BCUT2D eigenvalue weighted by Gasteiger charge is 2.21. The van der Waals surface area contributed by atoms with Crippen LogP contribution in [0.1, 0.15) is 45.0 Å². The maximum absolute atomic E-state index is 12.4. The van der Waals surface area contributed by atoms with Crippen LogP contribution >= 0.6 is 0 Å². The van der Waals surface area contributed by atoms with Crippen molar-refractivity contribution in [1.29, 1.82) is 5.41 Å². The van der Waals surface area contributed by atoms with Crippen LogP contribution in [0.25, 0.3) is 11.1 Å². The molecule has 0 radical (unpaired) electrons. The van der Waals surface area contributed by atoms with E-state index >= 15 is 0 Å². The number of nitrogens with two attached hydrogens (primary N) is 1. The molecule has 0 atom stereocenters. The third kappa shape index (κ3) is 5.92. The lowest BCUT2D eigenvalue weighted by atomic mass is 9.89. The highest BCUT2D eigenvalue weighted by molar-refractivity contribution is 5.74. The van der Waals surface area contributed by atoms with Gasteiger partial charge in [-0.25, -0.2) is 0 Å². The van der Waals surface area contributed by atoms with Crippen LogP contribution in [0.3, 0.4) is 0 Å². The highest BCUT2D eigenvalue weighted by Crippen LogP contribution is 2.23. The van der Waals surface area contributed by atoms with E-state index in [9.17, 15) is 4.79 Å². The molecular formula is C20H30N6O. The number of aromatic amines is 1. The van der Waals surface area contributed by atoms with Gasteiger partial charge in [-0.2, -0.15) is 4.98 Å². The average Bonchev–Trinajstić information content (AvgIpc) is 2.65. The number of nitrogens with one attached hydrogen (secondary N) is 4. The third-order valence-corrected chi connectivity index (χ3v) is 4.76. The quantitative estimate of drug-likeness (QED) is 0.263. The molecule has 0 aliphatic carbocycles. The van der Waals surface area contributed by atoms with E-state index in [1.165, 1.54) is 0 Å². The number of rotatable bonds is 9. The predicted octanol–water partition coefficient (Wildman–Crippen LogP) is 2.09. The van der Waals surface area contributed by atoms with Gasteiger partial charge in [-0.05, 0) is 30.5 Å². The third-order valence-electron chi connectivity index (χ3n) is 4.76. The zero-order valence-corrected chi connectivity index (χ0v) is 16.4. The van der Waals surface area contributed by atoms with E-state index < -0.39 is 0 Å². The summed E-state index contributed by atoms with van der Waals surface area (Å²) in [5, 5.41) is 13.2. The number of guanidine groups is 1. The van der Waals surface area contributed by atoms with Crippen LogP contribution < -0.4 is 21.9 Å². The number of H-pyrrole nitrogens is 1. The topological polar surface area (TPSA) is 120 Å². The Labute approximate surface area is 160 Å². The smallest absolute Gasteiger partial charge is 0.280 e. The van der Waals surface area contributed by atoms with E-state index in [4.69, 9.17) is 11.1 Å². The van der Waals surface area contributed by atoms with Crippen molar-refractivity contribution in [2.24, 2.45) is 5.73 Å². The Kier molecular flexibility index (Phi) is 7.12. The molecule has 0 saturated carbocycles. The molecule has 0 aliphatic heterocycles. The van der Waals surface area contributed by atoms with Gasteiger partial charge in [-0.1, -0.05) is 45.0 Å². The molecule has 1 heterocycles. The van der Waals surface area contributed by atoms with Gasteiger partial charge in [0, 0.05) is 24.7 Å². The molecule has 2 rings (SSSR count). The molecule has 7 heteroatoms. The standard InChI is InChI=1S/C20H30N6O/c1-4-20(2,3)18-25-13-16(17(27)26-18)15-8-6-14(7-9-15)12-23-10-5-11-24-19(21)22/h6-9,13,23H,4-5,10-12H2,1-3H3,(H4,21,22,24)(H,25,26,27). The van der Waals surface area contributed by atoms with Crippen LogP contribution in [0.5, 0.6) is 0 Å². The van der Waals surface area contributed by atoms with Crippen LogP contribution in [0.2, 0.25) is 0 Å². The average molecular weight is 371 g/mol. The lowest BCUT2D eigenvalue weighted by Crippen LogP contribution is -2.32. The summed E-state index contributed by atoms with van der Waals surface area (Å²) in [5.74, 6) is 0.722. The zero-order chi connectivity index (χ0) is 19.9. The summed E-state index contributed by atoms with van der Waals surface area (Å²) >= 11 is 0. The summed E-state index contributed by atoms with van der Waals surface area (Å²) in [4.78, 5) is 19.9. The van der Waals surface area contributed by atoms with Crippen LogP contribution in [0.15, 0.2) is 35.3 Å². The Morgan fingerprint density at radius 2 is 1.96 bits per heavy atom. The first kappa shape index (κ1) is 20.6. The molecule has 1 aromatic carbocycles. The molecule has 1 aromatic heterocycles. The van der Waals surface area contributed by atoms with Gasteiger partial charge in [0.2, 0.25) is 0 Å². The molecule has 6 N–H and O–H groups in total. The van der Waals surface area contributed by atoms with Crippen molar-refractivity contribution in [1.82, 2.24) is 20.6 Å². The summed E-state index contributed by atoms with van der Waals surface area (Å²) in [7, 11) is 0. The zero-order valence-electron chi connectivity index (χ0n) is 16.4. The van der Waals surface area contributed by atoms with Crippen molar-refractivity contribution in [3.63, 3.8) is 0 Å². The first-order chi connectivity index (χ1) is 12.8. The van der Waals surface area contributed by atoms with Crippen LogP contribution in [0, 0.1) is 5.41 Å². The lowest BCUT2D eigenvalue weighted by molar-refractivity contribution is 0.471. The molecule has 146 valence electrons. The van der Waals surface area contributed by atoms with E-state index in [1.54, 1.807) is 6.20 Å². The van der Waals surface area contributed by atoms with Gasteiger partial charge in [0.25, 0.3) is 5.56 Å². The van der Waals surface area contributed by atoms with Gasteiger partial charge < -0.3 is 21.4 Å². The molecular weight excluding hydrogens is 340 g/mol. The van der Waals surface area contributed by atoms with Crippen molar-refractivity contribution in [2.45, 2.75) is 45.6 Å². The molecule has 0 amide bonds. The second-order valence-corrected chi connectivity index (χ2v) is 7.27. The summed E-state index contributed by atoms with van der Waals surface area (Å²) in [6.07, 6.45) is 3.55. The molecule has 0 fully saturated rings. The van der Waals surface area contributed by atoms with E-state index in [-0.39, 0.29) is 16.9 Å².